The number of hydrogen-bond acceptors (Lipinski definition) is 3. The Kier molecular flexibility index (Phi) is 6.43. The number of hydrogen-bond donors (Lipinski definition) is 2. The molecule has 2 N–H and O–H groups in total. The Labute approximate surface area is 113 Å². The van der Waals surface area contributed by atoms with E-state index in [0.717, 1.165) is 19.6 Å². The van der Waals surface area contributed by atoms with Crippen molar-refractivity contribution in [3.8, 4) is 0 Å². The summed E-state index contributed by atoms with van der Waals surface area (Å²) in [6, 6.07) is -0.460. The first-order valence-corrected chi connectivity index (χ1v) is 6.90. The van der Waals surface area contributed by atoms with Gasteiger partial charge in [-0.3, -0.25) is 10.1 Å². The Morgan fingerprint density at radius 3 is 2.39 bits per heavy atom. The standard InChI is InChI=1S/C12H22ClN3O2/c1-9(8-16-6-4-3-5-7-16)14-12(18)15-11(17)10(2)13/h9-10H,3-8H2,1-2H3,(H2,14,15,17,18). The Balaban J connectivity index is 2.24. The molecule has 0 radical (unpaired) electrons. The Bertz CT molecular complexity index is 291. The highest BCUT2D eigenvalue weighted by atomic mass is 35.5. The van der Waals surface area contributed by atoms with Gasteiger partial charge in [-0.15, -0.1) is 11.6 Å². The molecule has 104 valence electrons. The number of halogens is 1. The zero-order valence-corrected chi connectivity index (χ0v) is 11.8. The summed E-state index contributed by atoms with van der Waals surface area (Å²) in [5.74, 6) is -0.473. The SMILES string of the molecule is CC(CN1CCCCC1)NC(=O)NC(=O)C(C)Cl. The van der Waals surface area contributed by atoms with E-state index in [1.165, 1.54) is 26.2 Å². The maximum atomic E-state index is 11.5. The average molecular weight is 276 g/mol. The molecule has 1 fully saturated rings. The van der Waals surface area contributed by atoms with Crippen LogP contribution in [0.25, 0.3) is 0 Å². The largest absolute Gasteiger partial charge is 0.334 e. The molecule has 5 nitrogen and oxygen atoms in total. The minimum Gasteiger partial charge on any atom is -0.334 e. The van der Waals surface area contributed by atoms with Gasteiger partial charge in [0.2, 0.25) is 5.91 Å². The highest BCUT2D eigenvalue weighted by molar-refractivity contribution is 6.31. The number of alkyl halides is 1. The highest BCUT2D eigenvalue weighted by Gasteiger charge is 2.17. The van der Waals surface area contributed by atoms with Crippen molar-refractivity contribution in [2.75, 3.05) is 19.6 Å². The molecule has 1 aliphatic heterocycles. The first-order valence-electron chi connectivity index (χ1n) is 6.47. The third-order valence-electron chi connectivity index (χ3n) is 2.96. The molecule has 0 aliphatic carbocycles. The zero-order chi connectivity index (χ0) is 13.5. The predicted molar refractivity (Wildman–Crippen MR) is 71.7 cm³/mol. The third-order valence-corrected chi connectivity index (χ3v) is 3.15. The van der Waals surface area contributed by atoms with Crippen LogP contribution in [0.4, 0.5) is 4.79 Å². The number of urea groups is 1. The maximum absolute atomic E-state index is 11.5. The van der Waals surface area contributed by atoms with E-state index >= 15 is 0 Å². The lowest BCUT2D eigenvalue weighted by molar-refractivity contribution is -0.119. The van der Waals surface area contributed by atoms with E-state index in [1.54, 1.807) is 0 Å². The molecule has 1 rings (SSSR count). The number of likely N-dealkylation sites (tertiary alicyclic amines) is 1. The summed E-state index contributed by atoms with van der Waals surface area (Å²) in [5, 5.41) is 4.25. The summed E-state index contributed by atoms with van der Waals surface area (Å²) in [6.45, 7) is 6.46. The van der Waals surface area contributed by atoms with Crippen molar-refractivity contribution in [3.63, 3.8) is 0 Å². The summed E-state index contributed by atoms with van der Waals surface area (Å²) in [5.41, 5.74) is 0. The molecule has 3 amide bonds. The van der Waals surface area contributed by atoms with Crippen LogP contribution in [0.5, 0.6) is 0 Å². The number of piperidine rings is 1. The molecule has 1 saturated heterocycles. The van der Waals surface area contributed by atoms with Gasteiger partial charge in [-0.05, 0) is 39.8 Å². The first kappa shape index (κ1) is 15.2. The number of carbonyl (C=O) groups excluding carboxylic acids is 2. The topological polar surface area (TPSA) is 61.4 Å². The van der Waals surface area contributed by atoms with Crippen LogP contribution in [0.3, 0.4) is 0 Å². The molecular formula is C12H22ClN3O2. The minimum absolute atomic E-state index is 0.0153. The normalized spacial score (nSPS) is 19.9. The van der Waals surface area contributed by atoms with Crippen LogP contribution in [0, 0.1) is 0 Å². The van der Waals surface area contributed by atoms with E-state index in [0.29, 0.717) is 0 Å². The van der Waals surface area contributed by atoms with Gasteiger partial charge in [0.15, 0.2) is 0 Å². The van der Waals surface area contributed by atoms with Crippen LogP contribution in [0.15, 0.2) is 0 Å². The first-order chi connectivity index (χ1) is 8.49. The van der Waals surface area contributed by atoms with Crippen molar-refractivity contribution in [2.45, 2.75) is 44.5 Å². The molecule has 1 heterocycles. The number of nitrogens with one attached hydrogen (secondary N) is 2. The second-order valence-corrected chi connectivity index (χ2v) is 5.50. The molecule has 1 aliphatic rings. The number of imide groups is 1. The molecule has 0 spiro atoms. The van der Waals surface area contributed by atoms with Crippen molar-refractivity contribution in [1.82, 2.24) is 15.5 Å². The molecule has 2 atom stereocenters. The lowest BCUT2D eigenvalue weighted by Gasteiger charge is -2.29. The van der Waals surface area contributed by atoms with Gasteiger partial charge >= 0.3 is 6.03 Å². The van der Waals surface area contributed by atoms with Crippen molar-refractivity contribution < 1.29 is 9.59 Å². The lowest BCUT2D eigenvalue weighted by atomic mass is 10.1. The second kappa shape index (κ2) is 7.59. The molecule has 0 aromatic rings. The summed E-state index contributed by atoms with van der Waals surface area (Å²) in [7, 11) is 0. The van der Waals surface area contributed by atoms with Crippen LogP contribution in [-0.2, 0) is 4.79 Å². The summed E-state index contributed by atoms with van der Waals surface area (Å²) >= 11 is 5.56. The lowest BCUT2D eigenvalue weighted by Crippen LogP contribution is -2.49. The van der Waals surface area contributed by atoms with E-state index in [2.05, 4.69) is 15.5 Å². The quantitative estimate of drug-likeness (QED) is 0.761. The molecule has 0 aromatic heterocycles. The molecule has 18 heavy (non-hydrogen) atoms. The second-order valence-electron chi connectivity index (χ2n) is 4.84. The Morgan fingerprint density at radius 2 is 1.83 bits per heavy atom. The fourth-order valence-corrected chi connectivity index (χ4v) is 2.10. The Morgan fingerprint density at radius 1 is 1.22 bits per heavy atom. The van der Waals surface area contributed by atoms with E-state index in [9.17, 15) is 9.59 Å². The molecule has 6 heteroatoms. The van der Waals surface area contributed by atoms with Gasteiger partial charge in [0, 0.05) is 12.6 Å². The number of nitrogens with zero attached hydrogens (tertiary/aromatic N) is 1. The van der Waals surface area contributed by atoms with Crippen LogP contribution in [-0.4, -0.2) is 47.9 Å². The highest BCUT2D eigenvalue weighted by Crippen LogP contribution is 2.08. The van der Waals surface area contributed by atoms with Crippen LogP contribution in [0.1, 0.15) is 33.1 Å². The molecule has 0 saturated carbocycles. The molecule has 2 unspecified atom stereocenters. The van der Waals surface area contributed by atoms with Crippen molar-refractivity contribution in [2.24, 2.45) is 0 Å². The van der Waals surface area contributed by atoms with Gasteiger partial charge in [0.05, 0.1) is 0 Å². The van der Waals surface area contributed by atoms with Crippen molar-refractivity contribution in [3.05, 3.63) is 0 Å². The van der Waals surface area contributed by atoms with E-state index < -0.39 is 17.3 Å². The molecule has 0 bridgehead atoms. The smallest absolute Gasteiger partial charge is 0.321 e. The molecular weight excluding hydrogens is 254 g/mol. The van der Waals surface area contributed by atoms with E-state index in [-0.39, 0.29) is 6.04 Å². The number of rotatable bonds is 4. The number of amides is 3. The summed E-state index contributed by atoms with van der Waals surface area (Å²) in [4.78, 5) is 25.0. The van der Waals surface area contributed by atoms with E-state index in [4.69, 9.17) is 11.6 Å². The van der Waals surface area contributed by atoms with Crippen molar-refractivity contribution in [1.29, 1.82) is 0 Å². The monoisotopic (exact) mass is 275 g/mol. The van der Waals surface area contributed by atoms with Crippen LogP contribution in [0.2, 0.25) is 0 Å². The van der Waals surface area contributed by atoms with E-state index in [1.807, 2.05) is 6.92 Å². The van der Waals surface area contributed by atoms with Gasteiger partial charge in [-0.2, -0.15) is 0 Å². The van der Waals surface area contributed by atoms with Crippen LogP contribution < -0.4 is 10.6 Å². The Hall–Kier alpha value is -0.810. The average Bonchev–Trinajstić information content (AvgIpc) is 2.29. The predicted octanol–water partition coefficient (Wildman–Crippen LogP) is 1.31. The van der Waals surface area contributed by atoms with Gasteiger partial charge < -0.3 is 10.2 Å². The zero-order valence-electron chi connectivity index (χ0n) is 11.0. The van der Waals surface area contributed by atoms with Gasteiger partial charge in [-0.25, -0.2) is 4.79 Å². The summed E-state index contributed by atoms with van der Waals surface area (Å²) in [6.07, 6.45) is 3.74. The third kappa shape index (κ3) is 5.69. The van der Waals surface area contributed by atoms with Gasteiger partial charge in [0.1, 0.15) is 5.38 Å². The maximum Gasteiger partial charge on any atom is 0.321 e. The van der Waals surface area contributed by atoms with Gasteiger partial charge in [0.25, 0.3) is 0 Å². The molecule has 0 aromatic carbocycles. The fraction of sp³-hybridized carbons (Fsp3) is 0.833. The fourth-order valence-electron chi connectivity index (χ4n) is 2.05. The van der Waals surface area contributed by atoms with Gasteiger partial charge in [-0.1, -0.05) is 6.42 Å². The number of carbonyl (C=O) groups is 2. The minimum atomic E-state index is -0.701. The summed E-state index contributed by atoms with van der Waals surface area (Å²) < 4.78 is 0. The van der Waals surface area contributed by atoms with Crippen LogP contribution >= 0.6 is 11.6 Å². The van der Waals surface area contributed by atoms with Crippen molar-refractivity contribution >= 4 is 23.5 Å².